The van der Waals surface area contributed by atoms with E-state index in [1.807, 2.05) is 13.8 Å². The van der Waals surface area contributed by atoms with E-state index < -0.39 is 0 Å². The molecular weight excluding hydrogens is 420 g/mol. The summed E-state index contributed by atoms with van der Waals surface area (Å²) < 4.78 is 5.12. The summed E-state index contributed by atoms with van der Waals surface area (Å²) in [4.78, 5) is 47.8. The molecule has 0 saturated carbocycles. The van der Waals surface area contributed by atoms with Crippen LogP contribution in [0.2, 0.25) is 0 Å². The van der Waals surface area contributed by atoms with E-state index in [4.69, 9.17) is 9.57 Å². The van der Waals surface area contributed by atoms with E-state index in [1.54, 1.807) is 43.7 Å². The van der Waals surface area contributed by atoms with Crippen LogP contribution in [0, 0.1) is 5.92 Å². The first kappa shape index (κ1) is 24.3. The standard InChI is InChI=1S/C21H28N4O5S/c1-5-30-24-18(26)10-16-13-31-21(22-16)23-19(27)12-25(11-14(2)3)20(28)15-6-8-17(29-4)9-7-15/h6-9,13-14H,5,10-12H2,1-4H3,(H,24,26)(H,22,23,27). The number of benzene rings is 1. The summed E-state index contributed by atoms with van der Waals surface area (Å²) in [6.45, 7) is 6.41. The molecule has 2 N–H and O–H groups in total. The van der Waals surface area contributed by atoms with Crippen molar-refractivity contribution in [2.45, 2.75) is 27.2 Å². The minimum absolute atomic E-state index is 0.0435. The van der Waals surface area contributed by atoms with E-state index in [2.05, 4.69) is 15.8 Å². The maximum absolute atomic E-state index is 12.9. The summed E-state index contributed by atoms with van der Waals surface area (Å²) in [6, 6.07) is 6.76. The number of nitrogens with zero attached hydrogens (tertiary/aromatic N) is 2. The Bertz CT molecular complexity index is 882. The minimum atomic E-state index is -0.359. The van der Waals surface area contributed by atoms with E-state index >= 15 is 0 Å². The molecule has 3 amide bonds. The van der Waals surface area contributed by atoms with Crippen molar-refractivity contribution < 1.29 is 24.0 Å². The summed E-state index contributed by atoms with van der Waals surface area (Å²) in [5.74, 6) is -0.0798. The molecule has 0 spiro atoms. The highest BCUT2D eigenvalue weighted by Gasteiger charge is 2.21. The van der Waals surface area contributed by atoms with Gasteiger partial charge in [-0.3, -0.25) is 19.2 Å². The van der Waals surface area contributed by atoms with Gasteiger partial charge in [0.1, 0.15) is 12.3 Å². The fourth-order valence-corrected chi connectivity index (χ4v) is 3.43. The van der Waals surface area contributed by atoms with Crippen molar-refractivity contribution in [2.24, 2.45) is 5.92 Å². The number of aromatic nitrogens is 1. The van der Waals surface area contributed by atoms with Crippen LogP contribution >= 0.6 is 11.3 Å². The zero-order valence-electron chi connectivity index (χ0n) is 18.1. The molecule has 0 atom stereocenters. The largest absolute Gasteiger partial charge is 0.497 e. The van der Waals surface area contributed by atoms with Crippen molar-refractivity contribution in [2.75, 3.05) is 32.1 Å². The second-order valence-corrected chi connectivity index (χ2v) is 7.99. The van der Waals surface area contributed by atoms with Crippen molar-refractivity contribution in [1.82, 2.24) is 15.4 Å². The number of hydrogen-bond acceptors (Lipinski definition) is 7. The van der Waals surface area contributed by atoms with Gasteiger partial charge in [-0.15, -0.1) is 11.3 Å². The van der Waals surface area contributed by atoms with Crippen LogP contribution in [0.25, 0.3) is 0 Å². The van der Waals surface area contributed by atoms with Gasteiger partial charge in [0.05, 0.1) is 25.8 Å². The van der Waals surface area contributed by atoms with Crippen LogP contribution in [0.1, 0.15) is 36.8 Å². The molecule has 1 heterocycles. The van der Waals surface area contributed by atoms with Gasteiger partial charge in [-0.05, 0) is 37.1 Å². The normalized spacial score (nSPS) is 10.6. The molecule has 0 bridgehead atoms. The molecule has 0 radical (unpaired) electrons. The maximum atomic E-state index is 12.9. The van der Waals surface area contributed by atoms with Gasteiger partial charge >= 0.3 is 0 Å². The SMILES string of the molecule is CCONC(=O)Cc1csc(NC(=O)CN(CC(C)C)C(=O)c2ccc(OC)cc2)n1. The molecule has 0 unspecified atom stereocenters. The Kier molecular flexibility index (Phi) is 9.41. The van der Waals surface area contributed by atoms with E-state index in [0.717, 1.165) is 0 Å². The van der Waals surface area contributed by atoms with E-state index in [9.17, 15) is 14.4 Å². The van der Waals surface area contributed by atoms with Crippen LogP contribution in [0.4, 0.5) is 5.13 Å². The number of ether oxygens (including phenoxy) is 1. The Balaban J connectivity index is 1.99. The average molecular weight is 449 g/mol. The van der Waals surface area contributed by atoms with Gasteiger partial charge in [0, 0.05) is 17.5 Å². The number of carbonyl (C=O) groups is 3. The molecule has 0 fully saturated rings. The zero-order chi connectivity index (χ0) is 22.8. The van der Waals surface area contributed by atoms with Gasteiger partial charge in [0.25, 0.3) is 5.91 Å². The summed E-state index contributed by atoms with van der Waals surface area (Å²) in [5, 5.41) is 4.75. The minimum Gasteiger partial charge on any atom is -0.497 e. The molecule has 1 aromatic heterocycles. The van der Waals surface area contributed by atoms with Crippen molar-refractivity contribution in [3.8, 4) is 5.75 Å². The summed E-state index contributed by atoms with van der Waals surface area (Å²) in [6.07, 6.45) is 0.0435. The quantitative estimate of drug-likeness (QED) is 0.511. The zero-order valence-corrected chi connectivity index (χ0v) is 19.0. The van der Waals surface area contributed by atoms with Gasteiger partial charge in [-0.25, -0.2) is 10.5 Å². The highest BCUT2D eigenvalue weighted by Crippen LogP contribution is 2.17. The lowest BCUT2D eigenvalue weighted by Crippen LogP contribution is -2.40. The van der Waals surface area contributed by atoms with Crippen LogP contribution < -0.4 is 15.5 Å². The Labute approximate surface area is 185 Å². The Morgan fingerprint density at radius 2 is 1.87 bits per heavy atom. The molecule has 2 aromatic rings. The monoisotopic (exact) mass is 448 g/mol. The Hall–Kier alpha value is -2.98. The fraction of sp³-hybridized carbons (Fsp3) is 0.429. The first-order chi connectivity index (χ1) is 14.8. The smallest absolute Gasteiger partial charge is 0.254 e. The maximum Gasteiger partial charge on any atom is 0.254 e. The first-order valence-electron chi connectivity index (χ1n) is 9.90. The van der Waals surface area contributed by atoms with Crippen molar-refractivity contribution >= 4 is 34.2 Å². The Morgan fingerprint density at radius 3 is 2.48 bits per heavy atom. The van der Waals surface area contributed by atoms with E-state index in [0.29, 0.717) is 35.3 Å². The third-order valence-electron chi connectivity index (χ3n) is 4.01. The molecule has 9 nitrogen and oxygen atoms in total. The van der Waals surface area contributed by atoms with Crippen LogP contribution in [0.15, 0.2) is 29.6 Å². The second-order valence-electron chi connectivity index (χ2n) is 7.14. The molecule has 0 aliphatic carbocycles. The summed E-state index contributed by atoms with van der Waals surface area (Å²) in [5.41, 5.74) is 3.29. The van der Waals surface area contributed by atoms with E-state index in [-0.39, 0.29) is 36.6 Å². The molecule has 0 aliphatic heterocycles. The molecule has 31 heavy (non-hydrogen) atoms. The van der Waals surface area contributed by atoms with Gasteiger partial charge in [-0.2, -0.15) is 0 Å². The predicted octanol–water partition coefficient (Wildman–Crippen LogP) is 2.50. The third kappa shape index (κ3) is 7.99. The molecule has 2 rings (SSSR count). The molecule has 1 aromatic carbocycles. The van der Waals surface area contributed by atoms with Crippen LogP contribution in [-0.2, 0) is 20.8 Å². The van der Waals surface area contributed by atoms with Crippen LogP contribution in [-0.4, -0.2) is 54.4 Å². The number of carbonyl (C=O) groups excluding carboxylic acids is 3. The van der Waals surface area contributed by atoms with Gasteiger partial charge in [0.2, 0.25) is 11.8 Å². The predicted molar refractivity (Wildman–Crippen MR) is 118 cm³/mol. The summed E-state index contributed by atoms with van der Waals surface area (Å²) in [7, 11) is 1.56. The molecule has 0 saturated heterocycles. The highest BCUT2D eigenvalue weighted by molar-refractivity contribution is 7.13. The van der Waals surface area contributed by atoms with E-state index in [1.165, 1.54) is 16.2 Å². The first-order valence-corrected chi connectivity index (χ1v) is 10.8. The van der Waals surface area contributed by atoms with Gasteiger partial charge in [0.15, 0.2) is 5.13 Å². The topological polar surface area (TPSA) is 110 Å². The average Bonchev–Trinajstić information content (AvgIpc) is 3.17. The lowest BCUT2D eigenvalue weighted by atomic mass is 10.1. The second kappa shape index (κ2) is 12.0. The number of amides is 3. The molecule has 168 valence electrons. The third-order valence-corrected chi connectivity index (χ3v) is 4.82. The molecule has 10 heteroatoms. The summed E-state index contributed by atoms with van der Waals surface area (Å²) >= 11 is 1.21. The van der Waals surface area contributed by atoms with Crippen molar-refractivity contribution in [3.63, 3.8) is 0 Å². The number of hydrogen-bond donors (Lipinski definition) is 2. The highest BCUT2D eigenvalue weighted by atomic mass is 32.1. The van der Waals surface area contributed by atoms with Crippen molar-refractivity contribution in [1.29, 1.82) is 0 Å². The van der Waals surface area contributed by atoms with Crippen LogP contribution in [0.5, 0.6) is 5.75 Å². The van der Waals surface area contributed by atoms with Crippen LogP contribution in [0.3, 0.4) is 0 Å². The fourth-order valence-electron chi connectivity index (χ4n) is 2.71. The lowest BCUT2D eigenvalue weighted by Gasteiger charge is -2.24. The number of anilines is 1. The van der Waals surface area contributed by atoms with Gasteiger partial charge in [-0.1, -0.05) is 13.8 Å². The van der Waals surface area contributed by atoms with Crippen molar-refractivity contribution in [3.05, 3.63) is 40.9 Å². The number of methoxy groups -OCH3 is 1. The van der Waals surface area contributed by atoms with Gasteiger partial charge < -0.3 is 15.0 Å². The molecular formula is C21H28N4O5S. The molecule has 0 aliphatic rings. The number of rotatable bonds is 11. The Morgan fingerprint density at radius 1 is 1.16 bits per heavy atom. The number of hydroxylamine groups is 1. The lowest BCUT2D eigenvalue weighted by molar-refractivity contribution is -0.132. The number of nitrogens with one attached hydrogen (secondary N) is 2. The number of thiazole rings is 1.